The van der Waals surface area contributed by atoms with E-state index in [0.717, 1.165) is 0 Å². The fraction of sp³-hybridized carbons (Fsp3) is 0.750. The number of methoxy groups -OCH3 is 1. The molecular weight excluding hydrogens is 240 g/mol. The predicted molar refractivity (Wildman–Crippen MR) is 61.2 cm³/mol. The number of hydrogen-bond acceptors (Lipinski definition) is 6. The molecular formula is C12H19O6+. The molecule has 2 rings (SSSR count). The molecule has 102 valence electrons. The second kappa shape index (κ2) is 6.01. The first-order valence-corrected chi connectivity index (χ1v) is 5.97. The SMILES string of the molecule is COC1O[CH+][C@@H](O[C@H]2CC=C[C@H](C)O2)[C@H](O)[C@H]1O. The van der Waals surface area contributed by atoms with Crippen LogP contribution in [0.4, 0.5) is 0 Å². The zero-order valence-electron chi connectivity index (χ0n) is 10.4. The fourth-order valence-electron chi connectivity index (χ4n) is 1.96. The molecule has 1 fully saturated rings. The summed E-state index contributed by atoms with van der Waals surface area (Å²) in [5.41, 5.74) is 0. The van der Waals surface area contributed by atoms with Gasteiger partial charge < -0.3 is 24.4 Å². The van der Waals surface area contributed by atoms with Crippen LogP contribution in [0.1, 0.15) is 13.3 Å². The first-order valence-electron chi connectivity index (χ1n) is 5.97. The lowest BCUT2D eigenvalue weighted by Gasteiger charge is -2.32. The summed E-state index contributed by atoms with van der Waals surface area (Å²) in [4.78, 5) is 0. The van der Waals surface area contributed by atoms with Gasteiger partial charge in [0.25, 0.3) is 12.7 Å². The maximum Gasteiger partial charge on any atom is 0.264 e. The Morgan fingerprint density at radius 1 is 1.33 bits per heavy atom. The molecule has 0 aromatic heterocycles. The number of aliphatic hydroxyl groups is 2. The maximum atomic E-state index is 9.90. The van der Waals surface area contributed by atoms with Crippen molar-refractivity contribution < 1.29 is 29.2 Å². The van der Waals surface area contributed by atoms with Crippen LogP contribution in [0.2, 0.25) is 0 Å². The van der Waals surface area contributed by atoms with Crippen molar-refractivity contribution in [1.29, 1.82) is 0 Å². The van der Waals surface area contributed by atoms with Gasteiger partial charge >= 0.3 is 0 Å². The second-order valence-corrected chi connectivity index (χ2v) is 4.39. The highest BCUT2D eigenvalue weighted by molar-refractivity contribution is 4.94. The fourth-order valence-corrected chi connectivity index (χ4v) is 1.96. The minimum atomic E-state index is -1.15. The van der Waals surface area contributed by atoms with Crippen molar-refractivity contribution in [3.05, 3.63) is 18.8 Å². The lowest BCUT2D eigenvalue weighted by atomic mass is 10.1. The summed E-state index contributed by atoms with van der Waals surface area (Å²) in [7, 11) is 1.40. The van der Waals surface area contributed by atoms with Crippen molar-refractivity contribution in [2.45, 2.75) is 50.3 Å². The Morgan fingerprint density at radius 3 is 2.78 bits per heavy atom. The van der Waals surface area contributed by atoms with Crippen LogP contribution in [0.5, 0.6) is 0 Å². The van der Waals surface area contributed by atoms with Crippen LogP contribution >= 0.6 is 0 Å². The maximum absolute atomic E-state index is 9.90. The van der Waals surface area contributed by atoms with E-state index in [-0.39, 0.29) is 6.10 Å². The predicted octanol–water partition coefficient (Wildman–Crippen LogP) is -0.0510. The Balaban J connectivity index is 1.88. The van der Waals surface area contributed by atoms with E-state index in [9.17, 15) is 10.2 Å². The van der Waals surface area contributed by atoms with Crippen molar-refractivity contribution in [3.63, 3.8) is 0 Å². The minimum absolute atomic E-state index is 0.0259. The van der Waals surface area contributed by atoms with E-state index in [2.05, 4.69) is 0 Å². The molecule has 6 nitrogen and oxygen atoms in total. The van der Waals surface area contributed by atoms with Gasteiger partial charge in [0.05, 0.1) is 6.10 Å². The zero-order valence-corrected chi connectivity index (χ0v) is 10.4. The second-order valence-electron chi connectivity index (χ2n) is 4.39. The monoisotopic (exact) mass is 259 g/mol. The van der Waals surface area contributed by atoms with Crippen LogP contribution in [0, 0.1) is 6.61 Å². The topological polar surface area (TPSA) is 77.4 Å². The van der Waals surface area contributed by atoms with Crippen molar-refractivity contribution in [3.8, 4) is 0 Å². The van der Waals surface area contributed by atoms with Crippen molar-refractivity contribution in [2.24, 2.45) is 0 Å². The Hall–Kier alpha value is -0.630. The zero-order chi connectivity index (χ0) is 13.1. The van der Waals surface area contributed by atoms with Crippen LogP contribution < -0.4 is 0 Å². The van der Waals surface area contributed by atoms with Crippen LogP contribution in [-0.2, 0) is 18.9 Å². The van der Waals surface area contributed by atoms with Gasteiger partial charge in [-0.2, -0.15) is 4.74 Å². The molecule has 2 heterocycles. The molecule has 6 heteroatoms. The molecule has 6 atom stereocenters. The van der Waals surface area contributed by atoms with E-state index in [0.29, 0.717) is 6.42 Å². The Bertz CT molecular complexity index is 294. The quantitative estimate of drug-likeness (QED) is 0.546. The van der Waals surface area contributed by atoms with Gasteiger partial charge in [-0.05, 0) is 6.92 Å². The average molecular weight is 259 g/mol. The van der Waals surface area contributed by atoms with Gasteiger partial charge in [-0.15, -0.1) is 0 Å². The first kappa shape index (κ1) is 13.8. The van der Waals surface area contributed by atoms with Gasteiger partial charge in [-0.25, -0.2) is 0 Å². The number of ether oxygens (including phenoxy) is 4. The highest BCUT2D eigenvalue weighted by Gasteiger charge is 2.47. The standard InChI is InChI=1S/C12H19O6/c1-7-4-3-5-9(17-7)18-8-6-16-12(15-2)11(14)10(8)13/h3-4,6-14H,5H2,1-2H3/q+1/t7-,8+,9-,10-,11+,12?/m0/s1. The summed E-state index contributed by atoms with van der Waals surface area (Å²) in [5, 5.41) is 19.6. The van der Waals surface area contributed by atoms with Gasteiger partial charge in [0.15, 0.2) is 12.4 Å². The molecule has 1 unspecified atom stereocenters. The average Bonchev–Trinajstić information content (AvgIpc) is 2.35. The van der Waals surface area contributed by atoms with E-state index in [1.165, 1.54) is 13.7 Å². The largest absolute Gasteiger partial charge is 0.385 e. The minimum Gasteiger partial charge on any atom is -0.385 e. The summed E-state index contributed by atoms with van der Waals surface area (Å²) < 4.78 is 21.1. The van der Waals surface area contributed by atoms with Crippen LogP contribution in [-0.4, -0.2) is 54.3 Å². The molecule has 0 aromatic carbocycles. The summed E-state index contributed by atoms with van der Waals surface area (Å²) in [6, 6.07) is 0. The Kier molecular flexibility index (Phi) is 4.60. The molecule has 0 bridgehead atoms. The van der Waals surface area contributed by atoms with E-state index in [4.69, 9.17) is 18.9 Å². The van der Waals surface area contributed by atoms with Gasteiger partial charge in [0.2, 0.25) is 6.29 Å². The van der Waals surface area contributed by atoms with Gasteiger partial charge in [-0.1, -0.05) is 12.2 Å². The lowest BCUT2D eigenvalue weighted by Crippen LogP contribution is -2.53. The van der Waals surface area contributed by atoms with Crippen molar-refractivity contribution in [2.75, 3.05) is 7.11 Å². The summed E-state index contributed by atoms with van der Waals surface area (Å²) >= 11 is 0. The molecule has 0 radical (unpaired) electrons. The van der Waals surface area contributed by atoms with Gasteiger partial charge in [-0.3, -0.25) is 0 Å². The molecule has 2 N–H and O–H groups in total. The van der Waals surface area contributed by atoms with E-state index < -0.39 is 30.9 Å². The third kappa shape index (κ3) is 3.03. The Morgan fingerprint density at radius 2 is 2.11 bits per heavy atom. The smallest absolute Gasteiger partial charge is 0.264 e. The van der Waals surface area contributed by atoms with E-state index >= 15 is 0 Å². The third-order valence-electron chi connectivity index (χ3n) is 2.96. The van der Waals surface area contributed by atoms with Crippen LogP contribution in [0.3, 0.4) is 0 Å². The van der Waals surface area contributed by atoms with Gasteiger partial charge in [0.1, 0.15) is 6.10 Å². The molecule has 2 aliphatic heterocycles. The molecule has 0 aliphatic carbocycles. The molecule has 0 aromatic rings. The van der Waals surface area contributed by atoms with E-state index in [1.54, 1.807) is 0 Å². The van der Waals surface area contributed by atoms with Crippen molar-refractivity contribution >= 4 is 0 Å². The summed E-state index contributed by atoms with van der Waals surface area (Å²) in [5.74, 6) is 0. The number of rotatable bonds is 3. The van der Waals surface area contributed by atoms with Gasteiger partial charge in [0, 0.05) is 13.5 Å². The third-order valence-corrected chi connectivity index (χ3v) is 2.96. The lowest BCUT2D eigenvalue weighted by molar-refractivity contribution is -0.276. The normalized spacial score (nSPS) is 44.7. The van der Waals surface area contributed by atoms with E-state index in [1.807, 2.05) is 19.1 Å². The first-order chi connectivity index (χ1) is 8.61. The number of hydrogen-bond donors (Lipinski definition) is 2. The summed E-state index contributed by atoms with van der Waals surface area (Å²) in [6.45, 7) is 3.23. The summed E-state index contributed by atoms with van der Waals surface area (Å²) in [6.07, 6.45) is 0.163. The molecule has 18 heavy (non-hydrogen) atoms. The highest BCUT2D eigenvalue weighted by atomic mass is 16.7. The molecule has 1 saturated heterocycles. The molecule has 0 saturated carbocycles. The number of aliphatic hydroxyl groups excluding tert-OH is 2. The molecule has 0 amide bonds. The van der Waals surface area contributed by atoms with Crippen molar-refractivity contribution in [1.82, 2.24) is 0 Å². The Labute approximate surface area is 106 Å². The van der Waals surface area contributed by atoms with Crippen LogP contribution in [0.25, 0.3) is 0 Å². The molecule has 0 spiro atoms. The highest BCUT2D eigenvalue weighted by Crippen LogP contribution is 2.24. The molecule has 2 aliphatic rings. The van der Waals surface area contributed by atoms with Crippen LogP contribution in [0.15, 0.2) is 12.2 Å².